The Labute approximate surface area is 160 Å². The fraction of sp³-hybridized carbons (Fsp3) is 0.300. The monoisotopic (exact) mass is 388 g/mol. The number of carbonyl (C=O) groups is 2. The Hall–Kier alpha value is -2.67. The number of carbonyl (C=O) groups excluding carboxylic acids is 2. The van der Waals surface area contributed by atoms with Crippen molar-refractivity contribution in [2.24, 2.45) is 0 Å². The molecule has 0 saturated carbocycles. The SMILES string of the molecule is Cc1ccc(S(C)(=O)=O)cc1C(=O)N(C)CC(=O)Nc1c(C)cccc1C. The molecule has 0 spiro atoms. The van der Waals surface area contributed by atoms with Gasteiger partial charge in [-0.1, -0.05) is 24.3 Å². The fourth-order valence-electron chi connectivity index (χ4n) is 2.75. The van der Waals surface area contributed by atoms with Crippen molar-refractivity contribution in [2.75, 3.05) is 25.2 Å². The molecular weight excluding hydrogens is 364 g/mol. The minimum absolute atomic E-state index is 0.0739. The van der Waals surface area contributed by atoms with E-state index in [-0.39, 0.29) is 22.9 Å². The van der Waals surface area contributed by atoms with Gasteiger partial charge in [-0.3, -0.25) is 9.59 Å². The van der Waals surface area contributed by atoms with Gasteiger partial charge < -0.3 is 10.2 Å². The summed E-state index contributed by atoms with van der Waals surface area (Å²) in [6.07, 6.45) is 1.09. The van der Waals surface area contributed by atoms with Crippen LogP contribution in [0.1, 0.15) is 27.0 Å². The molecule has 0 bridgehead atoms. The highest BCUT2D eigenvalue weighted by atomic mass is 32.2. The number of nitrogens with one attached hydrogen (secondary N) is 1. The molecule has 7 heteroatoms. The van der Waals surface area contributed by atoms with Gasteiger partial charge in [0.25, 0.3) is 5.91 Å². The van der Waals surface area contributed by atoms with Crippen molar-refractivity contribution in [1.82, 2.24) is 4.90 Å². The van der Waals surface area contributed by atoms with E-state index in [2.05, 4.69) is 5.32 Å². The van der Waals surface area contributed by atoms with Crippen LogP contribution in [0.15, 0.2) is 41.3 Å². The molecule has 6 nitrogen and oxygen atoms in total. The third-order valence-corrected chi connectivity index (χ3v) is 5.45. The molecule has 0 saturated heterocycles. The molecule has 144 valence electrons. The summed E-state index contributed by atoms with van der Waals surface area (Å²) in [4.78, 5) is 26.4. The van der Waals surface area contributed by atoms with Crippen molar-refractivity contribution in [3.05, 3.63) is 58.7 Å². The number of likely N-dealkylation sites (N-methyl/N-ethyl adjacent to an activating group) is 1. The summed E-state index contributed by atoms with van der Waals surface area (Å²) in [6, 6.07) is 10.1. The van der Waals surface area contributed by atoms with E-state index in [1.54, 1.807) is 13.0 Å². The Balaban J connectivity index is 2.17. The molecule has 0 unspecified atom stereocenters. The number of anilines is 1. The van der Waals surface area contributed by atoms with Gasteiger partial charge in [0.1, 0.15) is 0 Å². The topological polar surface area (TPSA) is 83.6 Å². The molecule has 2 amide bonds. The zero-order chi connectivity index (χ0) is 20.4. The van der Waals surface area contributed by atoms with E-state index < -0.39 is 15.7 Å². The summed E-state index contributed by atoms with van der Waals surface area (Å²) in [5, 5.41) is 2.84. The number of amides is 2. The van der Waals surface area contributed by atoms with Crippen molar-refractivity contribution < 1.29 is 18.0 Å². The number of nitrogens with zero attached hydrogens (tertiary/aromatic N) is 1. The Bertz CT molecular complexity index is 977. The summed E-state index contributed by atoms with van der Waals surface area (Å²) in [7, 11) is -1.91. The molecule has 2 aromatic rings. The molecule has 0 aliphatic rings. The van der Waals surface area contributed by atoms with E-state index in [1.807, 2.05) is 32.0 Å². The number of para-hydroxylation sites is 1. The van der Waals surface area contributed by atoms with Crippen molar-refractivity contribution in [3.8, 4) is 0 Å². The van der Waals surface area contributed by atoms with E-state index in [0.29, 0.717) is 5.56 Å². The first-order valence-corrected chi connectivity index (χ1v) is 10.3. The normalized spacial score (nSPS) is 11.1. The Morgan fingerprint density at radius 3 is 2.15 bits per heavy atom. The van der Waals surface area contributed by atoms with Gasteiger partial charge in [0, 0.05) is 24.6 Å². The summed E-state index contributed by atoms with van der Waals surface area (Å²) in [5.41, 5.74) is 3.52. The van der Waals surface area contributed by atoms with E-state index in [1.165, 1.54) is 24.1 Å². The molecule has 1 N–H and O–H groups in total. The minimum atomic E-state index is -3.42. The lowest BCUT2D eigenvalue weighted by Gasteiger charge is -2.19. The Morgan fingerprint density at radius 2 is 1.59 bits per heavy atom. The average molecular weight is 388 g/mol. The molecule has 2 rings (SSSR count). The maximum atomic E-state index is 12.7. The lowest BCUT2D eigenvalue weighted by Crippen LogP contribution is -2.35. The first-order valence-electron chi connectivity index (χ1n) is 8.43. The van der Waals surface area contributed by atoms with Gasteiger partial charge in [-0.15, -0.1) is 0 Å². The van der Waals surface area contributed by atoms with Crippen LogP contribution in [0, 0.1) is 20.8 Å². The van der Waals surface area contributed by atoms with Crippen molar-refractivity contribution in [2.45, 2.75) is 25.7 Å². The zero-order valence-corrected chi connectivity index (χ0v) is 17.0. The van der Waals surface area contributed by atoms with Crippen LogP contribution in [-0.4, -0.2) is 45.0 Å². The summed E-state index contributed by atoms with van der Waals surface area (Å²) >= 11 is 0. The number of sulfone groups is 1. The highest BCUT2D eigenvalue weighted by Gasteiger charge is 2.20. The van der Waals surface area contributed by atoms with Gasteiger partial charge in [-0.05, 0) is 49.6 Å². The number of hydrogen-bond acceptors (Lipinski definition) is 4. The van der Waals surface area contributed by atoms with Gasteiger partial charge in [-0.25, -0.2) is 8.42 Å². The number of aryl methyl sites for hydroxylation is 3. The third kappa shape index (κ3) is 4.95. The van der Waals surface area contributed by atoms with E-state index in [0.717, 1.165) is 23.1 Å². The highest BCUT2D eigenvalue weighted by Crippen LogP contribution is 2.20. The number of hydrogen-bond donors (Lipinski definition) is 1. The smallest absolute Gasteiger partial charge is 0.254 e. The minimum Gasteiger partial charge on any atom is -0.332 e. The van der Waals surface area contributed by atoms with E-state index in [4.69, 9.17) is 0 Å². The second-order valence-electron chi connectivity index (χ2n) is 6.73. The summed E-state index contributed by atoms with van der Waals surface area (Å²) < 4.78 is 23.5. The largest absolute Gasteiger partial charge is 0.332 e. The quantitative estimate of drug-likeness (QED) is 0.854. The second-order valence-corrected chi connectivity index (χ2v) is 8.74. The summed E-state index contributed by atoms with van der Waals surface area (Å²) in [6.45, 7) is 5.38. The molecule has 0 heterocycles. The molecule has 27 heavy (non-hydrogen) atoms. The maximum Gasteiger partial charge on any atom is 0.254 e. The van der Waals surface area contributed by atoms with Crippen LogP contribution < -0.4 is 5.32 Å². The van der Waals surface area contributed by atoms with Crippen molar-refractivity contribution in [3.63, 3.8) is 0 Å². The zero-order valence-electron chi connectivity index (χ0n) is 16.2. The van der Waals surface area contributed by atoms with Crippen LogP contribution in [0.4, 0.5) is 5.69 Å². The molecule has 0 aliphatic carbocycles. The van der Waals surface area contributed by atoms with Gasteiger partial charge in [-0.2, -0.15) is 0 Å². The standard InChI is InChI=1S/C20H24N2O4S/c1-13-9-10-16(27(5,25)26)11-17(13)20(24)22(4)12-18(23)21-19-14(2)7-6-8-15(19)3/h6-11H,12H2,1-5H3,(H,21,23). The van der Waals surface area contributed by atoms with Crippen molar-refractivity contribution in [1.29, 1.82) is 0 Å². The number of benzene rings is 2. The van der Waals surface area contributed by atoms with Gasteiger partial charge in [0.05, 0.1) is 11.4 Å². The van der Waals surface area contributed by atoms with Gasteiger partial charge in [0.2, 0.25) is 5.91 Å². The molecule has 0 atom stereocenters. The maximum absolute atomic E-state index is 12.7. The van der Waals surface area contributed by atoms with Gasteiger partial charge in [0.15, 0.2) is 9.84 Å². The van der Waals surface area contributed by atoms with Crippen LogP contribution in [0.3, 0.4) is 0 Å². The fourth-order valence-corrected chi connectivity index (χ4v) is 3.39. The first-order chi connectivity index (χ1) is 12.5. The van der Waals surface area contributed by atoms with Crippen LogP contribution >= 0.6 is 0 Å². The molecule has 0 fully saturated rings. The molecule has 0 aromatic heterocycles. The second kappa shape index (κ2) is 7.92. The van der Waals surface area contributed by atoms with Crippen molar-refractivity contribution >= 4 is 27.3 Å². The van der Waals surface area contributed by atoms with Crippen LogP contribution in [-0.2, 0) is 14.6 Å². The van der Waals surface area contributed by atoms with Crippen LogP contribution in [0.2, 0.25) is 0 Å². The molecular formula is C20H24N2O4S. The Kier molecular flexibility index (Phi) is 6.05. The number of rotatable bonds is 5. The predicted octanol–water partition coefficient (Wildman–Crippen LogP) is 2.73. The molecule has 0 radical (unpaired) electrons. The summed E-state index contributed by atoms with van der Waals surface area (Å²) in [5.74, 6) is -0.727. The van der Waals surface area contributed by atoms with Crippen LogP contribution in [0.25, 0.3) is 0 Å². The molecule has 0 aliphatic heterocycles. The first kappa shape index (κ1) is 20.6. The lowest BCUT2D eigenvalue weighted by molar-refractivity contribution is -0.116. The predicted molar refractivity (Wildman–Crippen MR) is 106 cm³/mol. The van der Waals surface area contributed by atoms with E-state index >= 15 is 0 Å². The third-order valence-electron chi connectivity index (χ3n) is 4.34. The Morgan fingerprint density at radius 1 is 1.00 bits per heavy atom. The molecule has 2 aromatic carbocycles. The van der Waals surface area contributed by atoms with Crippen LogP contribution in [0.5, 0.6) is 0 Å². The van der Waals surface area contributed by atoms with E-state index in [9.17, 15) is 18.0 Å². The van der Waals surface area contributed by atoms with Gasteiger partial charge >= 0.3 is 0 Å². The lowest BCUT2D eigenvalue weighted by atomic mass is 10.1. The average Bonchev–Trinajstić information content (AvgIpc) is 2.57. The highest BCUT2D eigenvalue weighted by molar-refractivity contribution is 7.90.